The fourth-order valence-electron chi connectivity index (χ4n) is 2.58. The molecule has 0 aliphatic heterocycles. The Bertz CT molecular complexity index is 479. The van der Waals surface area contributed by atoms with Crippen LogP contribution in [0.4, 0.5) is 11.4 Å². The van der Waals surface area contributed by atoms with E-state index in [2.05, 4.69) is 16.0 Å². The Morgan fingerprint density at radius 1 is 1.05 bits per heavy atom. The van der Waals surface area contributed by atoms with Crippen molar-refractivity contribution in [2.45, 2.75) is 45.1 Å². The molecule has 5 heteroatoms. The number of nitrogens with one attached hydrogen (secondary N) is 3. The highest BCUT2D eigenvalue weighted by atomic mass is 16.2. The summed E-state index contributed by atoms with van der Waals surface area (Å²) in [4.78, 5) is 22.8. The van der Waals surface area contributed by atoms with E-state index in [9.17, 15) is 9.59 Å². The first-order valence-corrected chi connectivity index (χ1v) is 7.54. The molecule has 3 N–H and O–H groups in total. The largest absolute Gasteiger partial charge is 0.376 e. The third kappa shape index (κ3) is 5.45. The van der Waals surface area contributed by atoms with Crippen LogP contribution >= 0.6 is 0 Å². The van der Waals surface area contributed by atoms with E-state index in [4.69, 9.17) is 0 Å². The summed E-state index contributed by atoms with van der Waals surface area (Å²) in [5, 5.41) is 8.86. The summed E-state index contributed by atoms with van der Waals surface area (Å²) >= 11 is 0. The molecule has 2 rings (SSSR count). The van der Waals surface area contributed by atoms with Gasteiger partial charge in [0.25, 0.3) is 0 Å². The van der Waals surface area contributed by atoms with Gasteiger partial charge in [0.2, 0.25) is 11.8 Å². The standard InChI is InChI=1S/C16H23N3O2/c1-12(20)18-15-9-7-13(8-10-15)17-11-16(21)19-14-5-3-2-4-6-14/h7-10,14,17H,2-6,11H2,1H3,(H,18,20)(H,19,21). The number of rotatable bonds is 5. The second kappa shape index (κ2) is 7.67. The lowest BCUT2D eigenvalue weighted by molar-refractivity contribution is -0.120. The molecule has 1 aliphatic carbocycles. The van der Waals surface area contributed by atoms with Crippen LogP contribution in [-0.4, -0.2) is 24.4 Å². The zero-order valence-corrected chi connectivity index (χ0v) is 12.4. The first-order chi connectivity index (χ1) is 10.1. The van der Waals surface area contributed by atoms with Crippen LogP contribution in [0.2, 0.25) is 0 Å². The molecular formula is C16H23N3O2. The van der Waals surface area contributed by atoms with Gasteiger partial charge in [-0.3, -0.25) is 9.59 Å². The molecule has 1 saturated carbocycles. The van der Waals surface area contributed by atoms with Crippen molar-refractivity contribution in [2.24, 2.45) is 0 Å². The van der Waals surface area contributed by atoms with Gasteiger partial charge in [-0.1, -0.05) is 19.3 Å². The molecule has 0 heterocycles. The Labute approximate surface area is 125 Å². The molecule has 114 valence electrons. The van der Waals surface area contributed by atoms with Gasteiger partial charge >= 0.3 is 0 Å². The molecule has 2 amide bonds. The normalized spacial score (nSPS) is 15.3. The molecule has 1 aliphatic rings. The van der Waals surface area contributed by atoms with Crippen LogP contribution in [-0.2, 0) is 9.59 Å². The summed E-state index contributed by atoms with van der Waals surface area (Å²) in [5.74, 6) is -0.0598. The van der Waals surface area contributed by atoms with Crippen molar-refractivity contribution >= 4 is 23.2 Å². The summed E-state index contributed by atoms with van der Waals surface area (Å²) in [6, 6.07) is 7.65. The molecule has 0 unspecified atom stereocenters. The summed E-state index contributed by atoms with van der Waals surface area (Å²) < 4.78 is 0. The summed E-state index contributed by atoms with van der Waals surface area (Å²) in [5.41, 5.74) is 1.61. The zero-order valence-electron chi connectivity index (χ0n) is 12.4. The lowest BCUT2D eigenvalue weighted by Crippen LogP contribution is -2.39. The maximum absolute atomic E-state index is 11.9. The minimum Gasteiger partial charge on any atom is -0.376 e. The molecule has 0 atom stereocenters. The van der Waals surface area contributed by atoms with E-state index in [0.717, 1.165) is 24.2 Å². The van der Waals surface area contributed by atoms with E-state index >= 15 is 0 Å². The third-order valence-electron chi connectivity index (χ3n) is 3.63. The van der Waals surface area contributed by atoms with E-state index in [1.807, 2.05) is 24.3 Å². The number of hydrogen-bond donors (Lipinski definition) is 3. The van der Waals surface area contributed by atoms with E-state index in [1.54, 1.807) is 0 Å². The van der Waals surface area contributed by atoms with Crippen LogP contribution in [0.15, 0.2) is 24.3 Å². The van der Waals surface area contributed by atoms with E-state index in [-0.39, 0.29) is 18.4 Å². The van der Waals surface area contributed by atoms with Crippen molar-refractivity contribution in [1.82, 2.24) is 5.32 Å². The summed E-state index contributed by atoms with van der Waals surface area (Å²) in [6.45, 7) is 1.75. The highest BCUT2D eigenvalue weighted by Crippen LogP contribution is 2.17. The smallest absolute Gasteiger partial charge is 0.239 e. The monoisotopic (exact) mass is 289 g/mol. The molecular weight excluding hydrogens is 266 g/mol. The van der Waals surface area contributed by atoms with Gasteiger partial charge in [0.1, 0.15) is 0 Å². The molecule has 0 saturated heterocycles. The summed E-state index contributed by atoms with van der Waals surface area (Å²) in [7, 11) is 0. The van der Waals surface area contributed by atoms with Crippen molar-refractivity contribution in [1.29, 1.82) is 0 Å². The average molecular weight is 289 g/mol. The fraction of sp³-hybridized carbons (Fsp3) is 0.500. The van der Waals surface area contributed by atoms with Gasteiger partial charge in [-0.2, -0.15) is 0 Å². The minimum atomic E-state index is -0.0948. The topological polar surface area (TPSA) is 70.2 Å². The predicted octanol–water partition coefficient (Wildman–Crippen LogP) is 2.51. The van der Waals surface area contributed by atoms with Crippen LogP contribution in [0.25, 0.3) is 0 Å². The maximum Gasteiger partial charge on any atom is 0.239 e. The van der Waals surface area contributed by atoms with Crippen molar-refractivity contribution < 1.29 is 9.59 Å². The van der Waals surface area contributed by atoms with Crippen molar-refractivity contribution in [3.8, 4) is 0 Å². The number of benzene rings is 1. The van der Waals surface area contributed by atoms with Crippen molar-refractivity contribution in [2.75, 3.05) is 17.2 Å². The Morgan fingerprint density at radius 3 is 2.29 bits per heavy atom. The molecule has 0 radical (unpaired) electrons. The second-order valence-electron chi connectivity index (χ2n) is 5.51. The van der Waals surface area contributed by atoms with E-state index in [0.29, 0.717) is 6.04 Å². The van der Waals surface area contributed by atoms with Crippen LogP contribution < -0.4 is 16.0 Å². The molecule has 1 aromatic carbocycles. The van der Waals surface area contributed by atoms with Gasteiger partial charge < -0.3 is 16.0 Å². The highest BCUT2D eigenvalue weighted by Gasteiger charge is 2.15. The minimum absolute atomic E-state index is 0.0350. The second-order valence-corrected chi connectivity index (χ2v) is 5.51. The van der Waals surface area contributed by atoms with Gasteiger partial charge in [0.05, 0.1) is 6.54 Å². The first kappa shape index (κ1) is 15.4. The third-order valence-corrected chi connectivity index (χ3v) is 3.63. The zero-order chi connectivity index (χ0) is 15.1. The van der Waals surface area contributed by atoms with E-state index < -0.39 is 0 Å². The van der Waals surface area contributed by atoms with E-state index in [1.165, 1.54) is 26.2 Å². The van der Waals surface area contributed by atoms with Gasteiger partial charge in [-0.15, -0.1) is 0 Å². The Balaban J connectivity index is 1.74. The average Bonchev–Trinajstić information content (AvgIpc) is 2.47. The van der Waals surface area contributed by atoms with Crippen molar-refractivity contribution in [3.63, 3.8) is 0 Å². The number of amides is 2. The van der Waals surface area contributed by atoms with Crippen LogP contribution in [0.5, 0.6) is 0 Å². The molecule has 0 aromatic heterocycles. The van der Waals surface area contributed by atoms with Crippen LogP contribution in [0.3, 0.4) is 0 Å². The lowest BCUT2D eigenvalue weighted by atomic mass is 9.95. The van der Waals surface area contributed by atoms with Gasteiger partial charge in [0.15, 0.2) is 0 Å². The molecule has 21 heavy (non-hydrogen) atoms. The molecule has 0 spiro atoms. The quantitative estimate of drug-likeness (QED) is 0.780. The van der Waals surface area contributed by atoms with Gasteiger partial charge in [0, 0.05) is 24.3 Å². The van der Waals surface area contributed by atoms with Crippen LogP contribution in [0, 0.1) is 0 Å². The Hall–Kier alpha value is -2.04. The van der Waals surface area contributed by atoms with Crippen molar-refractivity contribution in [3.05, 3.63) is 24.3 Å². The number of carbonyl (C=O) groups is 2. The van der Waals surface area contributed by atoms with Gasteiger partial charge in [-0.05, 0) is 37.1 Å². The summed E-state index contributed by atoms with van der Waals surface area (Å²) in [6.07, 6.45) is 5.89. The molecule has 0 bridgehead atoms. The SMILES string of the molecule is CC(=O)Nc1ccc(NCC(=O)NC2CCCCC2)cc1. The number of anilines is 2. The molecule has 1 fully saturated rings. The first-order valence-electron chi connectivity index (χ1n) is 7.54. The number of carbonyl (C=O) groups excluding carboxylic acids is 2. The van der Waals surface area contributed by atoms with Crippen LogP contribution in [0.1, 0.15) is 39.0 Å². The lowest BCUT2D eigenvalue weighted by Gasteiger charge is -2.22. The Kier molecular flexibility index (Phi) is 5.60. The molecule has 5 nitrogen and oxygen atoms in total. The number of hydrogen-bond acceptors (Lipinski definition) is 3. The highest BCUT2D eigenvalue weighted by molar-refractivity contribution is 5.88. The maximum atomic E-state index is 11.9. The van der Waals surface area contributed by atoms with Gasteiger partial charge in [-0.25, -0.2) is 0 Å². The Morgan fingerprint density at radius 2 is 1.67 bits per heavy atom. The predicted molar refractivity (Wildman–Crippen MR) is 84.3 cm³/mol. The molecule has 1 aromatic rings. The fourth-order valence-corrected chi connectivity index (χ4v) is 2.58.